The Morgan fingerprint density at radius 3 is 2.42 bits per heavy atom. The first kappa shape index (κ1) is 22.8. The summed E-state index contributed by atoms with van der Waals surface area (Å²) in [5.74, 6) is -2.58. The molecule has 3 rings (SSSR count). The van der Waals surface area contributed by atoms with E-state index in [1.807, 2.05) is 18.4 Å². The van der Waals surface area contributed by atoms with E-state index in [2.05, 4.69) is 15.7 Å². The van der Waals surface area contributed by atoms with Gasteiger partial charge in [-0.3, -0.25) is 24.5 Å². The van der Waals surface area contributed by atoms with Crippen LogP contribution in [0.2, 0.25) is 0 Å². The zero-order valence-corrected chi connectivity index (χ0v) is 17.4. The first-order valence-corrected chi connectivity index (χ1v) is 9.69. The van der Waals surface area contributed by atoms with E-state index in [9.17, 15) is 24.5 Å². The topological polar surface area (TPSA) is 143 Å². The van der Waals surface area contributed by atoms with E-state index in [4.69, 9.17) is 0 Å². The predicted octanol–water partition coefficient (Wildman–Crippen LogP) is 3.24. The minimum absolute atomic E-state index is 0.136. The molecule has 10 heteroatoms. The van der Waals surface area contributed by atoms with Crippen molar-refractivity contribution in [3.63, 3.8) is 0 Å². The molecule has 166 valence electrons. The van der Waals surface area contributed by atoms with Gasteiger partial charge in [0.15, 0.2) is 0 Å². The number of rotatable bonds is 6. The SMILES string of the molecule is Cc1cccc(NC(=O)c2ccccc2NC(=O)C(=O)N/N=C/c2cccc([N+](=O)[O-])c2)c1. The molecule has 0 radical (unpaired) electrons. The summed E-state index contributed by atoms with van der Waals surface area (Å²) in [5.41, 5.74) is 4.14. The van der Waals surface area contributed by atoms with Crippen LogP contribution in [0, 0.1) is 17.0 Å². The number of para-hydroxylation sites is 1. The molecule has 0 heterocycles. The molecule has 3 amide bonds. The largest absolute Gasteiger partial charge is 0.329 e. The molecule has 33 heavy (non-hydrogen) atoms. The van der Waals surface area contributed by atoms with Gasteiger partial charge >= 0.3 is 11.8 Å². The number of hydrazone groups is 1. The van der Waals surface area contributed by atoms with Crippen molar-refractivity contribution in [1.29, 1.82) is 0 Å². The van der Waals surface area contributed by atoms with Crippen LogP contribution in [0.3, 0.4) is 0 Å². The molecule has 0 spiro atoms. The van der Waals surface area contributed by atoms with Crippen LogP contribution in [-0.4, -0.2) is 28.9 Å². The molecular weight excluding hydrogens is 426 g/mol. The summed E-state index contributed by atoms with van der Waals surface area (Å²) in [4.78, 5) is 47.2. The predicted molar refractivity (Wildman–Crippen MR) is 123 cm³/mol. The molecule has 0 aromatic heterocycles. The van der Waals surface area contributed by atoms with E-state index in [1.54, 1.807) is 36.4 Å². The van der Waals surface area contributed by atoms with Crippen LogP contribution in [0.25, 0.3) is 0 Å². The molecule has 0 fully saturated rings. The van der Waals surface area contributed by atoms with Gasteiger partial charge < -0.3 is 10.6 Å². The molecule has 0 aliphatic rings. The van der Waals surface area contributed by atoms with Crippen LogP contribution < -0.4 is 16.1 Å². The smallest absolute Gasteiger partial charge is 0.322 e. The lowest BCUT2D eigenvalue weighted by atomic mass is 10.1. The van der Waals surface area contributed by atoms with Crippen molar-refractivity contribution in [3.05, 3.63) is 99.6 Å². The first-order valence-electron chi connectivity index (χ1n) is 9.69. The van der Waals surface area contributed by atoms with E-state index in [-0.39, 0.29) is 16.9 Å². The highest BCUT2D eigenvalue weighted by molar-refractivity contribution is 6.40. The van der Waals surface area contributed by atoms with E-state index in [1.165, 1.54) is 36.5 Å². The van der Waals surface area contributed by atoms with Crippen LogP contribution in [0.1, 0.15) is 21.5 Å². The number of nitro benzene ring substituents is 1. The number of nitrogens with one attached hydrogen (secondary N) is 3. The van der Waals surface area contributed by atoms with E-state index in [0.29, 0.717) is 11.3 Å². The van der Waals surface area contributed by atoms with Crippen molar-refractivity contribution in [2.45, 2.75) is 6.92 Å². The number of hydrogen-bond donors (Lipinski definition) is 3. The lowest BCUT2D eigenvalue weighted by Crippen LogP contribution is -2.33. The summed E-state index contributed by atoms with van der Waals surface area (Å²) in [6.07, 6.45) is 1.17. The fourth-order valence-corrected chi connectivity index (χ4v) is 2.83. The Kier molecular flexibility index (Phi) is 7.22. The Bertz CT molecular complexity index is 1260. The van der Waals surface area contributed by atoms with Crippen LogP contribution in [0.4, 0.5) is 17.1 Å². The van der Waals surface area contributed by atoms with Gasteiger partial charge in [0.2, 0.25) is 0 Å². The molecular formula is C23H19N5O5. The highest BCUT2D eigenvalue weighted by Crippen LogP contribution is 2.18. The third-order valence-electron chi connectivity index (χ3n) is 4.36. The van der Waals surface area contributed by atoms with Crippen molar-refractivity contribution in [2.75, 3.05) is 10.6 Å². The van der Waals surface area contributed by atoms with E-state index in [0.717, 1.165) is 5.56 Å². The summed E-state index contributed by atoms with van der Waals surface area (Å²) >= 11 is 0. The Balaban J connectivity index is 1.64. The quantitative estimate of drug-likeness (QED) is 0.231. The van der Waals surface area contributed by atoms with Gasteiger partial charge in [-0.15, -0.1) is 0 Å². The van der Waals surface area contributed by atoms with Gasteiger partial charge in [-0.1, -0.05) is 36.4 Å². The number of nitrogens with zero attached hydrogens (tertiary/aromatic N) is 2. The van der Waals surface area contributed by atoms with Crippen molar-refractivity contribution in [2.24, 2.45) is 5.10 Å². The summed E-state index contributed by atoms with van der Waals surface area (Å²) in [6.45, 7) is 1.89. The van der Waals surface area contributed by atoms with Crippen molar-refractivity contribution < 1.29 is 19.3 Å². The average molecular weight is 445 g/mol. The average Bonchev–Trinajstić information content (AvgIpc) is 2.79. The molecule has 0 atom stereocenters. The Hall–Kier alpha value is -4.86. The van der Waals surface area contributed by atoms with Crippen LogP contribution in [0.15, 0.2) is 77.9 Å². The number of amides is 3. The number of benzene rings is 3. The molecule has 0 saturated heterocycles. The normalized spacial score (nSPS) is 10.5. The van der Waals surface area contributed by atoms with E-state index >= 15 is 0 Å². The van der Waals surface area contributed by atoms with E-state index < -0.39 is 22.6 Å². The summed E-state index contributed by atoms with van der Waals surface area (Å²) in [6, 6.07) is 19.1. The Morgan fingerprint density at radius 2 is 1.67 bits per heavy atom. The lowest BCUT2D eigenvalue weighted by Gasteiger charge is -2.11. The van der Waals surface area contributed by atoms with Crippen molar-refractivity contribution >= 4 is 41.0 Å². The maximum atomic E-state index is 12.7. The zero-order valence-electron chi connectivity index (χ0n) is 17.4. The minimum Gasteiger partial charge on any atom is -0.322 e. The van der Waals surface area contributed by atoms with Crippen LogP contribution in [-0.2, 0) is 9.59 Å². The van der Waals surface area contributed by atoms with Gasteiger partial charge in [0.1, 0.15) is 0 Å². The molecule has 0 unspecified atom stereocenters. The number of aryl methyl sites for hydroxylation is 1. The van der Waals surface area contributed by atoms with Gasteiger partial charge in [0.25, 0.3) is 11.6 Å². The molecule has 3 N–H and O–H groups in total. The zero-order chi connectivity index (χ0) is 23.8. The summed E-state index contributed by atoms with van der Waals surface area (Å²) < 4.78 is 0. The minimum atomic E-state index is -1.08. The molecule has 0 bridgehead atoms. The number of carbonyl (C=O) groups excluding carboxylic acids is 3. The molecule has 0 aliphatic carbocycles. The first-order chi connectivity index (χ1) is 15.8. The lowest BCUT2D eigenvalue weighted by molar-refractivity contribution is -0.384. The van der Waals surface area contributed by atoms with Crippen LogP contribution >= 0.6 is 0 Å². The maximum absolute atomic E-state index is 12.7. The molecule has 3 aromatic carbocycles. The second-order valence-corrected chi connectivity index (χ2v) is 6.87. The number of non-ortho nitro benzene ring substituents is 1. The Morgan fingerprint density at radius 1 is 0.909 bits per heavy atom. The van der Waals surface area contributed by atoms with Crippen LogP contribution in [0.5, 0.6) is 0 Å². The van der Waals surface area contributed by atoms with Gasteiger partial charge in [-0.05, 0) is 36.8 Å². The third-order valence-corrected chi connectivity index (χ3v) is 4.36. The Labute approximate surface area is 188 Å². The maximum Gasteiger partial charge on any atom is 0.329 e. The van der Waals surface area contributed by atoms with Gasteiger partial charge in [0, 0.05) is 23.4 Å². The number of nitro groups is 1. The van der Waals surface area contributed by atoms with Gasteiger partial charge in [-0.2, -0.15) is 5.10 Å². The number of hydrogen-bond acceptors (Lipinski definition) is 6. The van der Waals surface area contributed by atoms with Crippen molar-refractivity contribution in [3.8, 4) is 0 Å². The second kappa shape index (κ2) is 10.4. The molecule has 0 saturated carbocycles. The van der Waals surface area contributed by atoms with Gasteiger partial charge in [0.05, 0.1) is 22.4 Å². The van der Waals surface area contributed by atoms with Crippen molar-refractivity contribution in [1.82, 2.24) is 5.43 Å². The molecule has 0 aliphatic heterocycles. The standard InChI is InChI=1S/C23H19N5O5/c1-15-6-4-8-17(12-15)25-21(29)19-10-2-3-11-20(19)26-22(30)23(31)27-24-14-16-7-5-9-18(13-16)28(32)33/h2-14H,1H3,(H,25,29)(H,26,30)(H,27,31)/b24-14+. The highest BCUT2D eigenvalue weighted by Gasteiger charge is 2.18. The monoisotopic (exact) mass is 445 g/mol. The fraction of sp³-hybridized carbons (Fsp3) is 0.0435. The summed E-state index contributed by atoms with van der Waals surface area (Å²) in [7, 11) is 0. The third kappa shape index (κ3) is 6.31. The van der Waals surface area contributed by atoms with Gasteiger partial charge in [-0.25, -0.2) is 5.43 Å². The fourth-order valence-electron chi connectivity index (χ4n) is 2.83. The highest BCUT2D eigenvalue weighted by atomic mass is 16.6. The molecule has 10 nitrogen and oxygen atoms in total. The summed E-state index contributed by atoms with van der Waals surface area (Å²) in [5, 5.41) is 19.6. The number of anilines is 2. The number of carbonyl (C=O) groups is 3. The second-order valence-electron chi connectivity index (χ2n) is 6.87. The molecule has 3 aromatic rings.